The van der Waals surface area contributed by atoms with Gasteiger partial charge in [0.05, 0.1) is 73.1 Å². The van der Waals surface area contributed by atoms with E-state index in [0.717, 1.165) is 242 Å². The van der Waals surface area contributed by atoms with Crippen molar-refractivity contribution < 1.29 is 51.9 Å². The second-order valence-corrected chi connectivity index (χ2v) is 32.8. The van der Waals surface area contributed by atoms with Gasteiger partial charge in [-0.2, -0.15) is 0 Å². The number of nitrogens with zero attached hydrogens (tertiary/aromatic N) is 6. The lowest BCUT2D eigenvalue weighted by Crippen LogP contribution is -2.33. The summed E-state index contributed by atoms with van der Waals surface area (Å²) in [6.07, 6.45) is 23.2. The molecule has 0 spiro atoms. The zero-order valence-corrected chi connectivity index (χ0v) is 66.7. The van der Waals surface area contributed by atoms with Gasteiger partial charge in [0.1, 0.15) is 34.8 Å². The number of anilines is 3. The minimum absolute atomic E-state index is 0.0252. The number of unbranched alkanes of at least 4 members (excludes halogenated alkanes) is 3. The molecule has 6 aliphatic heterocycles. The van der Waals surface area contributed by atoms with Gasteiger partial charge < -0.3 is 49.5 Å². The van der Waals surface area contributed by atoms with Crippen molar-refractivity contribution >= 4 is 29.0 Å². The predicted molar refractivity (Wildman–Crippen MR) is 430 cm³/mol. The summed E-state index contributed by atoms with van der Waals surface area (Å²) in [6, 6.07) is 29.6. The highest BCUT2D eigenvalue weighted by atomic mass is 19.1. The number of hydrogen-bond donors (Lipinski definition) is 4. The molecule has 18 nitrogen and oxygen atoms in total. The minimum atomic E-state index is -0.474. The predicted octanol–water partition coefficient (Wildman–Crippen LogP) is 16.9. The average molecular weight is 1510 g/mol. The summed E-state index contributed by atoms with van der Waals surface area (Å²) < 4.78 is 65.4. The molecule has 2 saturated carbocycles. The Bertz CT molecular complexity index is 3850. The van der Waals surface area contributed by atoms with Crippen molar-refractivity contribution in [2.75, 3.05) is 94.7 Å². The van der Waals surface area contributed by atoms with Gasteiger partial charge in [0.15, 0.2) is 11.6 Å². The molecular formula is C90H123F2N9O9. The van der Waals surface area contributed by atoms with Crippen molar-refractivity contribution in [2.45, 2.75) is 263 Å². The van der Waals surface area contributed by atoms with E-state index in [9.17, 15) is 23.5 Å². The van der Waals surface area contributed by atoms with Crippen LogP contribution < -0.4 is 16.0 Å². The highest BCUT2D eigenvalue weighted by Gasteiger charge is 2.42. The van der Waals surface area contributed by atoms with E-state index in [2.05, 4.69) is 107 Å². The second kappa shape index (κ2) is 39.6. The molecule has 0 bridgehead atoms. The number of halogens is 2. The van der Waals surface area contributed by atoms with Gasteiger partial charge >= 0.3 is 0 Å². The van der Waals surface area contributed by atoms with Crippen molar-refractivity contribution in [1.29, 1.82) is 0 Å². The fraction of sp³-hybridized carbons (Fsp3) is 0.589. The Balaban J connectivity index is 0.000000154. The molecule has 596 valence electrons. The summed E-state index contributed by atoms with van der Waals surface area (Å²) in [5.41, 5.74) is 12.7. The number of nitrogens with one attached hydrogen (secondary N) is 3. The van der Waals surface area contributed by atoms with Crippen LogP contribution >= 0.6 is 0 Å². The molecule has 2 aliphatic carbocycles. The molecule has 3 aromatic carbocycles. The van der Waals surface area contributed by atoms with Crippen LogP contribution in [0.2, 0.25) is 0 Å². The van der Waals surface area contributed by atoms with Gasteiger partial charge in [0.2, 0.25) is 0 Å². The Morgan fingerprint density at radius 3 is 1.25 bits per heavy atom. The molecule has 5 fully saturated rings. The Morgan fingerprint density at radius 2 is 0.891 bits per heavy atom. The highest BCUT2D eigenvalue weighted by molar-refractivity contribution is 5.84. The Hall–Kier alpha value is -7.11. The number of benzene rings is 3. The lowest BCUT2D eigenvalue weighted by Gasteiger charge is -2.30. The van der Waals surface area contributed by atoms with Crippen molar-refractivity contribution in [1.82, 2.24) is 29.7 Å². The summed E-state index contributed by atoms with van der Waals surface area (Å²) in [4.78, 5) is 46.5. The smallest absolute Gasteiger partial charge is 0.151 e. The first-order valence-electron chi connectivity index (χ1n) is 41.4. The van der Waals surface area contributed by atoms with Crippen LogP contribution in [0.15, 0.2) is 109 Å². The van der Waals surface area contributed by atoms with E-state index in [1.54, 1.807) is 26.0 Å². The number of carbonyl (C=O) groups excluding carboxylic acids is 2. The zero-order valence-electron chi connectivity index (χ0n) is 66.7. The van der Waals surface area contributed by atoms with Gasteiger partial charge in [-0.25, -0.2) is 23.7 Å². The maximum Gasteiger partial charge on any atom is 0.151 e. The molecule has 8 aliphatic rings. The van der Waals surface area contributed by atoms with Crippen LogP contribution in [0.25, 0.3) is 0 Å². The van der Waals surface area contributed by atoms with E-state index < -0.39 is 12.1 Å². The first-order chi connectivity index (χ1) is 53.2. The number of aliphatic hydroxyl groups is 1. The zero-order chi connectivity index (χ0) is 77.2. The van der Waals surface area contributed by atoms with E-state index in [1.165, 1.54) is 60.2 Å². The molecule has 14 rings (SSSR count). The number of aromatic nitrogens is 3. The Kier molecular flexibility index (Phi) is 29.6. The normalized spacial score (nSPS) is 20.8. The number of aryl methyl sites for hydroxylation is 6. The molecule has 1 unspecified atom stereocenters. The fourth-order valence-electron chi connectivity index (χ4n) is 16.5. The molecule has 4 N–H and O–H groups in total. The van der Waals surface area contributed by atoms with Gasteiger partial charge in [0, 0.05) is 95.8 Å². The molecule has 110 heavy (non-hydrogen) atoms. The number of likely N-dealkylation sites (tertiary alicyclic amines) is 3. The highest BCUT2D eigenvalue weighted by Crippen LogP contribution is 2.43. The molecule has 3 saturated heterocycles. The molecule has 0 radical (unpaired) electrons. The van der Waals surface area contributed by atoms with Crippen LogP contribution in [-0.2, 0) is 89.7 Å². The third kappa shape index (κ3) is 23.5. The number of pyridine rings is 3. The van der Waals surface area contributed by atoms with E-state index in [4.69, 9.17) is 43.4 Å². The summed E-state index contributed by atoms with van der Waals surface area (Å²) >= 11 is 0. The molecule has 9 heterocycles. The molecule has 3 aromatic heterocycles. The SMILES string of the molecule is C=C(O)C(c1ccccc1[C@H](C)OC(C)C)N1CC[C@@H](OCCCCc2ccc3c(n2)NCCC3)C1.CC(=O)[C@@H](c1cc(F)ccc1COC1(C)CC1)N1CC[C@@H](OCCCCc2ccc3c(n2)NCCC3)C1.CC(=O)[C@H](c1cc(F)ccc1COC1(C)CC1)N1CC[C@@H](OCCCCc2ccc3c(n2)NCCC3)C1. The minimum Gasteiger partial charge on any atom is -0.511 e. The van der Waals surface area contributed by atoms with E-state index >= 15 is 0 Å². The summed E-state index contributed by atoms with van der Waals surface area (Å²) in [5, 5.41) is 20.8. The second-order valence-electron chi connectivity index (χ2n) is 32.8. The van der Waals surface area contributed by atoms with Gasteiger partial charge in [0.25, 0.3) is 0 Å². The van der Waals surface area contributed by atoms with Gasteiger partial charge in [-0.3, -0.25) is 24.3 Å². The van der Waals surface area contributed by atoms with Crippen LogP contribution in [0, 0.1) is 11.6 Å². The lowest BCUT2D eigenvalue weighted by molar-refractivity contribution is -0.123. The number of ketones is 2. The number of Topliss-reactive ketones (excluding diaryl/α,β-unsaturated/α-hetero) is 2. The third-order valence-corrected chi connectivity index (χ3v) is 23.2. The molecule has 20 heteroatoms. The average Bonchev–Trinajstić information content (AvgIpc) is 1.45. The first kappa shape index (κ1) is 82.4. The van der Waals surface area contributed by atoms with Gasteiger partial charge in [-0.1, -0.05) is 61.2 Å². The number of rotatable bonds is 36. The van der Waals surface area contributed by atoms with E-state index in [-0.39, 0.29) is 76.7 Å². The summed E-state index contributed by atoms with van der Waals surface area (Å²) in [6.45, 7) is 28.0. The van der Waals surface area contributed by atoms with Crippen LogP contribution in [-0.4, -0.2) is 161 Å². The summed E-state index contributed by atoms with van der Waals surface area (Å²) in [5.74, 6) is 2.77. The quantitative estimate of drug-likeness (QED) is 0.0214. The van der Waals surface area contributed by atoms with Crippen LogP contribution in [0.3, 0.4) is 0 Å². The van der Waals surface area contributed by atoms with Crippen molar-refractivity contribution in [3.8, 4) is 0 Å². The molecule has 6 aromatic rings. The Labute approximate surface area is 653 Å². The van der Waals surface area contributed by atoms with E-state index in [0.29, 0.717) is 39.5 Å². The number of hydrogen-bond acceptors (Lipinski definition) is 18. The summed E-state index contributed by atoms with van der Waals surface area (Å²) in [7, 11) is 0. The number of carbonyl (C=O) groups is 2. The molecule has 0 amide bonds. The van der Waals surface area contributed by atoms with Crippen LogP contribution in [0.5, 0.6) is 0 Å². The standard InChI is InChI=1S/2C30H40FN3O3.C30H43N3O3/c2*1-21(35)28(27-18-24(31)10-8-23(27)20-37-30(2)13-14-30)34-16-12-26(19-34)36-17-4-3-7-25-11-9-22-6-5-15-32-29(22)33-25;1-21(2)36-23(4)27-12-5-6-13-28(27)29(22(3)34)33-18-16-26(20-33)35-19-8-7-11-25-15-14-24-10-9-17-31-30(24)32-25/h2*8-11,18,26,28H,3-7,12-17,19-20H2,1-2H3,(H,32,33);5-6,12-15,21,23,26,29,34H,3,7-11,16-20H2,1-2,4H3,(H,31,32)/t26-,28+;26-,28-;23-,26+,29?/m110/s1. The lowest BCUT2D eigenvalue weighted by atomic mass is 9.95. The molecular weight excluding hydrogens is 1390 g/mol. The van der Waals surface area contributed by atoms with Crippen molar-refractivity contribution in [3.05, 3.63) is 188 Å². The van der Waals surface area contributed by atoms with Crippen LogP contribution in [0.4, 0.5) is 26.2 Å². The number of fused-ring (bicyclic) bond motifs is 3. The Morgan fingerprint density at radius 1 is 0.518 bits per heavy atom. The van der Waals surface area contributed by atoms with E-state index in [1.807, 2.05) is 26.0 Å². The van der Waals surface area contributed by atoms with Crippen LogP contribution in [0.1, 0.15) is 243 Å². The van der Waals surface area contributed by atoms with Gasteiger partial charge in [-0.05, 0) is 282 Å². The third-order valence-electron chi connectivity index (χ3n) is 23.2. The van der Waals surface area contributed by atoms with Crippen molar-refractivity contribution in [2.24, 2.45) is 0 Å². The maximum absolute atomic E-state index is 14.3. The number of ether oxygens (including phenoxy) is 6. The molecule has 7 atom stereocenters. The largest absolute Gasteiger partial charge is 0.511 e. The monoisotopic (exact) mass is 1510 g/mol. The van der Waals surface area contributed by atoms with Crippen molar-refractivity contribution in [3.63, 3.8) is 0 Å². The maximum atomic E-state index is 14.3. The van der Waals surface area contributed by atoms with Gasteiger partial charge in [-0.15, -0.1) is 0 Å². The fourth-order valence-corrected chi connectivity index (χ4v) is 16.5. The number of aliphatic hydroxyl groups excluding tert-OH is 1. The first-order valence-corrected chi connectivity index (χ1v) is 41.4. The topological polar surface area (TPSA) is 194 Å².